The van der Waals surface area contributed by atoms with Gasteiger partial charge in [0, 0.05) is 12.2 Å². The van der Waals surface area contributed by atoms with E-state index in [9.17, 15) is 32.3 Å². The van der Waals surface area contributed by atoms with Gasteiger partial charge in [-0.2, -0.15) is 13.2 Å². The third kappa shape index (κ3) is 5.85. The van der Waals surface area contributed by atoms with Gasteiger partial charge in [-0.05, 0) is 31.0 Å². The van der Waals surface area contributed by atoms with E-state index < -0.39 is 35.5 Å². The highest BCUT2D eigenvalue weighted by molar-refractivity contribution is 6.39. The molecule has 1 rings (SSSR count). The summed E-state index contributed by atoms with van der Waals surface area (Å²) in [6, 6.07) is 1.87. The summed E-state index contributed by atoms with van der Waals surface area (Å²) in [4.78, 5) is 23.0. The Hall–Kier alpha value is -2.16. The molecule has 1 unspecified atom stereocenters. The van der Waals surface area contributed by atoms with Gasteiger partial charge in [0.2, 0.25) is 0 Å². The van der Waals surface area contributed by atoms with Crippen molar-refractivity contribution in [2.75, 3.05) is 11.9 Å². The molecule has 9 heteroatoms. The molecule has 0 saturated carbocycles. The Morgan fingerprint density at radius 1 is 1.26 bits per heavy atom. The van der Waals surface area contributed by atoms with Crippen LogP contribution in [0, 0.1) is 5.82 Å². The van der Waals surface area contributed by atoms with Gasteiger partial charge in [-0.3, -0.25) is 9.59 Å². The lowest BCUT2D eigenvalue weighted by molar-refractivity contribution is -0.140. The van der Waals surface area contributed by atoms with Gasteiger partial charge in [-0.25, -0.2) is 4.39 Å². The van der Waals surface area contributed by atoms with Crippen molar-refractivity contribution in [3.63, 3.8) is 0 Å². The Morgan fingerprint density at radius 2 is 1.91 bits per heavy atom. The number of benzene rings is 1. The maximum Gasteiger partial charge on any atom is 0.419 e. The van der Waals surface area contributed by atoms with Crippen molar-refractivity contribution in [1.82, 2.24) is 5.32 Å². The van der Waals surface area contributed by atoms with Gasteiger partial charge in [0.1, 0.15) is 5.82 Å². The highest BCUT2D eigenvalue weighted by Crippen LogP contribution is 2.32. The van der Waals surface area contributed by atoms with E-state index in [1.807, 2.05) is 5.32 Å². The number of nitrogens with one attached hydrogen (secondary N) is 2. The SMILES string of the molecule is CCC(O)CCNC(=O)C(=O)Nc1ccc(F)c(C(F)(F)F)c1. The van der Waals surface area contributed by atoms with Crippen molar-refractivity contribution in [2.24, 2.45) is 0 Å². The third-order valence-corrected chi connectivity index (χ3v) is 2.97. The number of hydrogen-bond donors (Lipinski definition) is 3. The van der Waals surface area contributed by atoms with Gasteiger partial charge in [-0.1, -0.05) is 6.92 Å². The minimum atomic E-state index is -4.91. The van der Waals surface area contributed by atoms with Crippen molar-refractivity contribution in [3.8, 4) is 0 Å². The van der Waals surface area contributed by atoms with Crippen LogP contribution in [-0.2, 0) is 15.8 Å². The van der Waals surface area contributed by atoms with Gasteiger partial charge < -0.3 is 15.7 Å². The Balaban J connectivity index is 2.65. The fraction of sp³-hybridized carbons (Fsp3) is 0.429. The molecule has 2 amide bonds. The second-order valence-electron chi connectivity index (χ2n) is 4.75. The first-order valence-electron chi connectivity index (χ1n) is 6.79. The predicted molar refractivity (Wildman–Crippen MR) is 74.0 cm³/mol. The van der Waals surface area contributed by atoms with Crippen LogP contribution in [-0.4, -0.2) is 29.6 Å². The summed E-state index contributed by atoms with van der Waals surface area (Å²) in [5.74, 6) is -3.73. The quantitative estimate of drug-likeness (QED) is 0.569. The molecule has 0 aliphatic carbocycles. The fourth-order valence-corrected chi connectivity index (χ4v) is 1.64. The van der Waals surface area contributed by atoms with Crippen molar-refractivity contribution >= 4 is 17.5 Å². The molecule has 1 aromatic carbocycles. The molecule has 0 fully saturated rings. The van der Waals surface area contributed by atoms with E-state index in [0.29, 0.717) is 18.6 Å². The average Bonchev–Trinajstić information content (AvgIpc) is 2.47. The number of amides is 2. The van der Waals surface area contributed by atoms with E-state index >= 15 is 0 Å². The van der Waals surface area contributed by atoms with Gasteiger partial charge in [0.15, 0.2) is 0 Å². The molecule has 0 aliphatic rings. The summed E-state index contributed by atoms with van der Waals surface area (Å²) in [6.45, 7) is 1.78. The number of carbonyl (C=O) groups excluding carboxylic acids is 2. The summed E-state index contributed by atoms with van der Waals surface area (Å²) in [7, 11) is 0. The van der Waals surface area contributed by atoms with E-state index in [4.69, 9.17) is 0 Å². The van der Waals surface area contributed by atoms with Crippen LogP contribution in [0.25, 0.3) is 0 Å². The Bertz CT molecular complexity index is 576. The van der Waals surface area contributed by atoms with Crippen LogP contribution in [0.1, 0.15) is 25.3 Å². The fourth-order valence-electron chi connectivity index (χ4n) is 1.64. The second kappa shape index (κ2) is 7.91. The molecular formula is C14H16F4N2O3. The van der Waals surface area contributed by atoms with E-state index in [1.165, 1.54) is 0 Å². The summed E-state index contributed by atoms with van der Waals surface area (Å²) >= 11 is 0. The molecule has 0 aromatic heterocycles. The van der Waals surface area contributed by atoms with Crippen LogP contribution >= 0.6 is 0 Å². The lowest BCUT2D eigenvalue weighted by Gasteiger charge is -2.11. The molecule has 3 N–H and O–H groups in total. The largest absolute Gasteiger partial charge is 0.419 e. The molecule has 0 radical (unpaired) electrons. The van der Waals surface area contributed by atoms with Crippen LogP contribution in [0.4, 0.5) is 23.2 Å². The number of alkyl halides is 3. The maximum absolute atomic E-state index is 13.1. The van der Waals surface area contributed by atoms with E-state index in [0.717, 1.165) is 6.07 Å². The number of aliphatic hydroxyl groups excluding tert-OH is 1. The topological polar surface area (TPSA) is 78.4 Å². The minimum Gasteiger partial charge on any atom is -0.393 e. The molecule has 0 saturated heterocycles. The number of carbonyl (C=O) groups is 2. The smallest absolute Gasteiger partial charge is 0.393 e. The zero-order valence-electron chi connectivity index (χ0n) is 12.2. The van der Waals surface area contributed by atoms with Gasteiger partial charge in [0.05, 0.1) is 11.7 Å². The summed E-state index contributed by atoms with van der Waals surface area (Å²) in [5, 5.41) is 13.5. The lowest BCUT2D eigenvalue weighted by Crippen LogP contribution is -2.36. The van der Waals surface area contributed by atoms with E-state index in [1.54, 1.807) is 6.92 Å². The third-order valence-electron chi connectivity index (χ3n) is 2.97. The Kier molecular flexibility index (Phi) is 6.49. The highest BCUT2D eigenvalue weighted by atomic mass is 19.4. The van der Waals surface area contributed by atoms with Gasteiger partial charge >= 0.3 is 18.0 Å². The zero-order valence-corrected chi connectivity index (χ0v) is 12.2. The summed E-state index contributed by atoms with van der Waals surface area (Å²) < 4.78 is 50.7. The number of aliphatic hydroxyl groups is 1. The molecule has 1 atom stereocenters. The van der Waals surface area contributed by atoms with Crippen LogP contribution in [0.5, 0.6) is 0 Å². The molecule has 23 heavy (non-hydrogen) atoms. The molecule has 0 spiro atoms. The van der Waals surface area contributed by atoms with Crippen LogP contribution in [0.15, 0.2) is 18.2 Å². The molecule has 0 heterocycles. The van der Waals surface area contributed by atoms with E-state index in [-0.39, 0.29) is 18.7 Å². The van der Waals surface area contributed by atoms with Gasteiger partial charge in [-0.15, -0.1) is 0 Å². The minimum absolute atomic E-state index is 0.0402. The monoisotopic (exact) mass is 336 g/mol. The van der Waals surface area contributed by atoms with Crippen molar-refractivity contribution in [2.45, 2.75) is 32.0 Å². The highest BCUT2D eigenvalue weighted by Gasteiger charge is 2.34. The van der Waals surface area contributed by atoms with Crippen LogP contribution < -0.4 is 10.6 Å². The predicted octanol–water partition coefficient (Wildman–Crippen LogP) is 2.06. The molecule has 1 aromatic rings. The second-order valence-corrected chi connectivity index (χ2v) is 4.75. The first-order valence-corrected chi connectivity index (χ1v) is 6.79. The Morgan fingerprint density at radius 3 is 2.48 bits per heavy atom. The van der Waals surface area contributed by atoms with E-state index in [2.05, 4.69) is 5.32 Å². The first-order chi connectivity index (χ1) is 10.6. The Labute approximate surface area is 129 Å². The number of anilines is 1. The lowest BCUT2D eigenvalue weighted by atomic mass is 10.2. The molecular weight excluding hydrogens is 320 g/mol. The number of halogens is 4. The number of hydrogen-bond acceptors (Lipinski definition) is 3. The van der Waals surface area contributed by atoms with Crippen molar-refractivity contribution in [3.05, 3.63) is 29.6 Å². The normalized spacial score (nSPS) is 12.6. The first kappa shape index (κ1) is 18.9. The van der Waals surface area contributed by atoms with Crippen LogP contribution in [0.2, 0.25) is 0 Å². The average molecular weight is 336 g/mol. The molecule has 128 valence electrons. The van der Waals surface area contributed by atoms with Crippen molar-refractivity contribution in [1.29, 1.82) is 0 Å². The molecule has 5 nitrogen and oxygen atoms in total. The maximum atomic E-state index is 13.1. The van der Waals surface area contributed by atoms with Gasteiger partial charge in [0.25, 0.3) is 0 Å². The van der Waals surface area contributed by atoms with Crippen LogP contribution in [0.3, 0.4) is 0 Å². The number of rotatable bonds is 5. The molecule has 0 aliphatic heterocycles. The van der Waals surface area contributed by atoms with Crippen molar-refractivity contribution < 1.29 is 32.3 Å². The summed E-state index contributed by atoms with van der Waals surface area (Å²) in [6.07, 6.45) is -4.81. The molecule has 0 bridgehead atoms. The standard InChI is InChI=1S/C14H16F4N2O3/c1-2-9(21)5-6-19-12(22)13(23)20-8-3-4-11(15)10(7-8)14(16,17)18/h3-4,7,9,21H,2,5-6H2,1H3,(H,19,22)(H,20,23). The summed E-state index contributed by atoms with van der Waals surface area (Å²) in [5.41, 5.74) is -1.89. The zero-order chi connectivity index (χ0) is 17.6.